The molecule has 0 atom stereocenters. The Labute approximate surface area is 141 Å². The van der Waals surface area contributed by atoms with Gasteiger partial charge in [-0.1, -0.05) is 53.8 Å². The molecule has 2 heterocycles. The van der Waals surface area contributed by atoms with E-state index in [9.17, 15) is 0 Å². The van der Waals surface area contributed by atoms with Gasteiger partial charge >= 0.3 is 0 Å². The molecule has 118 valence electrons. The maximum absolute atomic E-state index is 4.69. The average molecular weight is 323 g/mol. The number of nitrogens with zero attached hydrogens (tertiary/aromatic N) is 2. The van der Waals surface area contributed by atoms with E-state index in [1.54, 1.807) is 11.3 Å². The Bertz CT molecular complexity index is 727. The molecule has 0 aliphatic carbocycles. The highest BCUT2D eigenvalue weighted by atomic mass is 32.1. The van der Waals surface area contributed by atoms with Gasteiger partial charge in [0.2, 0.25) is 0 Å². The summed E-state index contributed by atoms with van der Waals surface area (Å²) >= 11 is 1.76. The van der Waals surface area contributed by atoms with Crippen LogP contribution in [0.15, 0.2) is 54.6 Å². The van der Waals surface area contributed by atoms with Crippen LogP contribution >= 0.6 is 11.3 Å². The summed E-state index contributed by atoms with van der Waals surface area (Å²) in [7, 11) is 0. The lowest BCUT2D eigenvalue weighted by Crippen LogP contribution is -2.38. The molecule has 1 saturated heterocycles. The number of likely N-dealkylation sites (tertiary alicyclic amines) is 1. The van der Waals surface area contributed by atoms with E-state index in [1.165, 1.54) is 23.1 Å². The molecular weight excluding hydrogens is 302 g/mol. The van der Waals surface area contributed by atoms with Crippen LogP contribution in [0.1, 0.15) is 18.4 Å². The highest BCUT2D eigenvalue weighted by Crippen LogP contribution is 2.27. The van der Waals surface area contributed by atoms with E-state index in [0.29, 0.717) is 6.04 Å². The normalized spacial score (nSPS) is 16.7. The fourth-order valence-electron chi connectivity index (χ4n) is 3.19. The summed E-state index contributed by atoms with van der Waals surface area (Å²) in [6.45, 7) is 3.36. The van der Waals surface area contributed by atoms with Crippen molar-refractivity contribution >= 4 is 26.7 Å². The second-order valence-corrected chi connectivity index (χ2v) is 7.20. The summed E-state index contributed by atoms with van der Waals surface area (Å²) < 4.78 is 1.26. The number of hydrogen-bond acceptors (Lipinski definition) is 4. The van der Waals surface area contributed by atoms with Crippen LogP contribution in [-0.4, -0.2) is 29.0 Å². The number of nitrogens with one attached hydrogen (secondary N) is 1. The number of fused-ring (bicyclic) bond motifs is 1. The van der Waals surface area contributed by atoms with Crippen molar-refractivity contribution in [3.8, 4) is 0 Å². The Hall–Kier alpha value is -1.91. The Balaban J connectivity index is 1.32. The number of anilines is 1. The van der Waals surface area contributed by atoms with Crippen molar-refractivity contribution in [3.05, 3.63) is 60.2 Å². The number of thiazole rings is 1. The summed E-state index contributed by atoms with van der Waals surface area (Å²) in [6, 6.07) is 19.6. The summed E-state index contributed by atoms with van der Waals surface area (Å²) in [6.07, 6.45) is 2.37. The molecule has 1 N–H and O–H groups in total. The van der Waals surface area contributed by atoms with E-state index in [-0.39, 0.29) is 0 Å². The molecule has 3 nitrogen and oxygen atoms in total. The van der Waals surface area contributed by atoms with E-state index >= 15 is 0 Å². The SMILES string of the molecule is c1ccc(CN2CCC(Nc3nc4ccccc4s3)CC2)cc1. The van der Waals surface area contributed by atoms with Crippen molar-refractivity contribution in [3.63, 3.8) is 0 Å². The highest BCUT2D eigenvalue weighted by molar-refractivity contribution is 7.22. The van der Waals surface area contributed by atoms with Crippen LogP contribution in [-0.2, 0) is 6.54 Å². The van der Waals surface area contributed by atoms with Crippen molar-refractivity contribution in [2.45, 2.75) is 25.4 Å². The first-order chi connectivity index (χ1) is 11.4. The van der Waals surface area contributed by atoms with Crippen LogP contribution in [0.2, 0.25) is 0 Å². The summed E-state index contributed by atoms with van der Waals surface area (Å²) in [5, 5.41) is 4.70. The van der Waals surface area contributed by atoms with Gasteiger partial charge in [0.05, 0.1) is 10.2 Å². The van der Waals surface area contributed by atoms with Crippen LogP contribution in [0, 0.1) is 0 Å². The lowest BCUT2D eigenvalue weighted by Gasteiger charge is -2.32. The zero-order valence-corrected chi connectivity index (χ0v) is 13.9. The molecule has 0 bridgehead atoms. The predicted molar refractivity (Wildman–Crippen MR) is 98.0 cm³/mol. The Morgan fingerprint density at radius 3 is 2.52 bits per heavy atom. The largest absolute Gasteiger partial charge is 0.359 e. The van der Waals surface area contributed by atoms with Crippen molar-refractivity contribution < 1.29 is 0 Å². The molecule has 4 rings (SSSR count). The number of benzene rings is 2. The third-order valence-electron chi connectivity index (χ3n) is 4.46. The molecular formula is C19H21N3S. The molecule has 0 spiro atoms. The molecule has 1 aliphatic heterocycles. The average Bonchev–Trinajstić information content (AvgIpc) is 3.00. The molecule has 0 radical (unpaired) electrons. The van der Waals surface area contributed by atoms with Crippen molar-refractivity contribution in [1.29, 1.82) is 0 Å². The molecule has 0 unspecified atom stereocenters. The lowest BCUT2D eigenvalue weighted by molar-refractivity contribution is 0.211. The van der Waals surface area contributed by atoms with Crippen LogP contribution in [0.3, 0.4) is 0 Å². The van der Waals surface area contributed by atoms with Crippen LogP contribution in [0.4, 0.5) is 5.13 Å². The lowest BCUT2D eigenvalue weighted by atomic mass is 10.0. The van der Waals surface area contributed by atoms with Gasteiger partial charge in [-0.15, -0.1) is 0 Å². The second kappa shape index (κ2) is 6.69. The molecule has 0 saturated carbocycles. The van der Waals surface area contributed by atoms with Gasteiger partial charge in [0, 0.05) is 25.7 Å². The van der Waals surface area contributed by atoms with Crippen molar-refractivity contribution in [2.75, 3.05) is 18.4 Å². The third-order valence-corrected chi connectivity index (χ3v) is 5.43. The van der Waals surface area contributed by atoms with E-state index < -0.39 is 0 Å². The minimum absolute atomic E-state index is 0.544. The van der Waals surface area contributed by atoms with Crippen molar-refractivity contribution in [1.82, 2.24) is 9.88 Å². The Morgan fingerprint density at radius 2 is 1.74 bits per heavy atom. The standard InChI is InChI=1S/C19H21N3S/c1-2-6-15(7-3-1)14-22-12-10-16(11-13-22)20-19-21-17-8-4-5-9-18(17)23-19/h1-9,16H,10-14H2,(H,20,21). The molecule has 23 heavy (non-hydrogen) atoms. The smallest absolute Gasteiger partial charge is 0.184 e. The molecule has 2 aromatic carbocycles. The minimum atomic E-state index is 0.544. The summed E-state index contributed by atoms with van der Waals surface area (Å²) in [5.41, 5.74) is 2.51. The Kier molecular flexibility index (Phi) is 4.26. The number of hydrogen-bond donors (Lipinski definition) is 1. The number of para-hydroxylation sites is 1. The second-order valence-electron chi connectivity index (χ2n) is 6.17. The fourth-order valence-corrected chi connectivity index (χ4v) is 4.13. The van der Waals surface area contributed by atoms with Gasteiger partial charge in [0.15, 0.2) is 5.13 Å². The first-order valence-corrected chi connectivity index (χ1v) is 9.07. The van der Waals surface area contributed by atoms with E-state index in [4.69, 9.17) is 0 Å². The molecule has 1 aliphatic rings. The van der Waals surface area contributed by atoms with Gasteiger partial charge < -0.3 is 5.32 Å². The maximum Gasteiger partial charge on any atom is 0.184 e. The molecule has 3 aromatic rings. The van der Waals surface area contributed by atoms with E-state index in [1.807, 2.05) is 6.07 Å². The van der Waals surface area contributed by atoms with Crippen molar-refractivity contribution in [2.24, 2.45) is 0 Å². The maximum atomic E-state index is 4.69. The topological polar surface area (TPSA) is 28.2 Å². The van der Waals surface area contributed by atoms with Gasteiger partial charge in [-0.05, 0) is 30.5 Å². The van der Waals surface area contributed by atoms with Gasteiger partial charge in [-0.25, -0.2) is 4.98 Å². The highest BCUT2D eigenvalue weighted by Gasteiger charge is 2.20. The van der Waals surface area contributed by atoms with Gasteiger partial charge in [-0.3, -0.25) is 4.90 Å². The van der Waals surface area contributed by atoms with Crippen LogP contribution in [0.5, 0.6) is 0 Å². The number of piperidine rings is 1. The van der Waals surface area contributed by atoms with Crippen LogP contribution < -0.4 is 5.32 Å². The van der Waals surface area contributed by atoms with Crippen LogP contribution in [0.25, 0.3) is 10.2 Å². The fraction of sp³-hybridized carbons (Fsp3) is 0.316. The zero-order valence-electron chi connectivity index (χ0n) is 13.1. The monoisotopic (exact) mass is 323 g/mol. The van der Waals surface area contributed by atoms with E-state index in [2.05, 4.69) is 63.7 Å². The molecule has 1 aromatic heterocycles. The third kappa shape index (κ3) is 3.54. The predicted octanol–water partition coefficient (Wildman–Crippen LogP) is 4.37. The zero-order chi connectivity index (χ0) is 15.5. The first kappa shape index (κ1) is 14.7. The molecule has 0 amide bonds. The first-order valence-electron chi connectivity index (χ1n) is 8.25. The number of aromatic nitrogens is 1. The Morgan fingerprint density at radius 1 is 1.00 bits per heavy atom. The summed E-state index contributed by atoms with van der Waals surface area (Å²) in [5.74, 6) is 0. The summed E-state index contributed by atoms with van der Waals surface area (Å²) in [4.78, 5) is 7.23. The minimum Gasteiger partial charge on any atom is -0.359 e. The number of rotatable bonds is 4. The van der Waals surface area contributed by atoms with Gasteiger partial charge in [-0.2, -0.15) is 0 Å². The quantitative estimate of drug-likeness (QED) is 0.772. The molecule has 4 heteroatoms. The van der Waals surface area contributed by atoms with E-state index in [0.717, 1.165) is 30.3 Å². The molecule has 1 fully saturated rings. The van der Waals surface area contributed by atoms with Gasteiger partial charge in [0.25, 0.3) is 0 Å². The van der Waals surface area contributed by atoms with Gasteiger partial charge in [0.1, 0.15) is 0 Å².